The zero-order chi connectivity index (χ0) is 19.7. The molecule has 0 radical (unpaired) electrons. The van der Waals surface area contributed by atoms with Crippen LogP contribution in [0.5, 0.6) is 0 Å². The van der Waals surface area contributed by atoms with E-state index in [2.05, 4.69) is 35.6 Å². The van der Waals surface area contributed by atoms with Gasteiger partial charge in [0, 0.05) is 21.5 Å². The second-order valence-electron chi connectivity index (χ2n) is 6.83. The molecule has 0 saturated heterocycles. The highest BCUT2D eigenvalue weighted by molar-refractivity contribution is 7.16. The maximum absolute atomic E-state index is 11.4. The van der Waals surface area contributed by atoms with Crippen molar-refractivity contribution in [1.29, 1.82) is 0 Å². The fraction of sp³-hybridized carbons (Fsp3) is 0.130. The first-order chi connectivity index (χ1) is 13.5. The molecule has 0 spiro atoms. The third-order valence-corrected chi connectivity index (χ3v) is 5.66. The highest BCUT2D eigenvalue weighted by Crippen LogP contribution is 2.36. The number of benzene rings is 3. The highest BCUT2D eigenvalue weighted by atomic mass is 32.1. The third kappa shape index (κ3) is 3.62. The van der Waals surface area contributed by atoms with Crippen molar-refractivity contribution in [3.8, 4) is 11.3 Å². The number of hydrogen-bond donors (Lipinski definition) is 2. The van der Waals surface area contributed by atoms with Crippen LogP contribution in [-0.2, 0) is 11.2 Å². The number of thiazole rings is 1. The number of anilines is 2. The largest absolute Gasteiger partial charge is 0.481 e. The Morgan fingerprint density at radius 2 is 1.86 bits per heavy atom. The summed E-state index contributed by atoms with van der Waals surface area (Å²) in [7, 11) is 0. The molecule has 0 aliphatic carbocycles. The predicted molar refractivity (Wildman–Crippen MR) is 116 cm³/mol. The Labute approximate surface area is 167 Å². The van der Waals surface area contributed by atoms with Gasteiger partial charge in [-0.3, -0.25) is 4.79 Å². The van der Waals surface area contributed by atoms with E-state index in [-0.39, 0.29) is 6.42 Å². The Balaban J connectivity index is 1.79. The van der Waals surface area contributed by atoms with Crippen molar-refractivity contribution in [1.82, 2.24) is 4.98 Å². The molecular formula is C23H20N2O2S. The Kier molecular flexibility index (Phi) is 4.84. The van der Waals surface area contributed by atoms with Gasteiger partial charge in [-0.2, -0.15) is 0 Å². The van der Waals surface area contributed by atoms with Gasteiger partial charge in [0.2, 0.25) is 0 Å². The molecule has 0 saturated carbocycles. The van der Waals surface area contributed by atoms with E-state index in [4.69, 9.17) is 4.98 Å². The van der Waals surface area contributed by atoms with E-state index in [1.807, 2.05) is 44.2 Å². The minimum absolute atomic E-state index is 0.0440. The molecule has 140 valence electrons. The summed E-state index contributed by atoms with van der Waals surface area (Å²) in [4.78, 5) is 16.9. The van der Waals surface area contributed by atoms with Gasteiger partial charge in [0.15, 0.2) is 5.13 Å². The van der Waals surface area contributed by atoms with Crippen molar-refractivity contribution >= 4 is 38.9 Å². The van der Waals surface area contributed by atoms with Crippen molar-refractivity contribution in [3.63, 3.8) is 0 Å². The Bertz CT molecular complexity index is 1180. The van der Waals surface area contributed by atoms with E-state index in [0.717, 1.165) is 43.7 Å². The Morgan fingerprint density at radius 3 is 2.68 bits per heavy atom. The second-order valence-corrected chi connectivity index (χ2v) is 7.92. The molecule has 5 heteroatoms. The molecule has 3 aromatic carbocycles. The zero-order valence-electron chi connectivity index (χ0n) is 15.7. The average molecular weight is 388 g/mol. The van der Waals surface area contributed by atoms with Gasteiger partial charge in [-0.05, 0) is 36.9 Å². The lowest BCUT2D eigenvalue weighted by Crippen LogP contribution is -2.00. The number of carboxylic acids is 1. The van der Waals surface area contributed by atoms with Crippen LogP contribution in [0.2, 0.25) is 0 Å². The maximum atomic E-state index is 11.4. The normalized spacial score (nSPS) is 10.9. The van der Waals surface area contributed by atoms with Crippen molar-refractivity contribution in [2.75, 3.05) is 5.32 Å². The average Bonchev–Trinajstić information content (AvgIpc) is 3.05. The molecule has 0 bridgehead atoms. The van der Waals surface area contributed by atoms with E-state index in [1.54, 1.807) is 0 Å². The summed E-state index contributed by atoms with van der Waals surface area (Å²) in [5.74, 6) is -0.855. The molecule has 0 aliphatic heterocycles. The topological polar surface area (TPSA) is 62.2 Å². The number of carbonyl (C=O) groups is 1. The lowest BCUT2D eigenvalue weighted by atomic mass is 10.0. The number of fused-ring (bicyclic) bond motifs is 1. The summed E-state index contributed by atoms with van der Waals surface area (Å²) in [6, 6.07) is 20.4. The molecule has 0 fully saturated rings. The molecule has 1 aromatic heterocycles. The van der Waals surface area contributed by atoms with Gasteiger partial charge in [0.05, 0.1) is 12.1 Å². The number of nitrogens with one attached hydrogen (secondary N) is 1. The fourth-order valence-electron chi connectivity index (χ4n) is 3.31. The summed E-state index contributed by atoms with van der Waals surface area (Å²) >= 11 is 1.40. The first kappa shape index (κ1) is 18.2. The van der Waals surface area contributed by atoms with Gasteiger partial charge in [-0.15, -0.1) is 11.3 Å². The minimum atomic E-state index is -0.855. The standard InChI is InChI=1S/C23H20N2O2S/c1-14-10-11-15(2)18(12-14)22-20(13-21(26)27)28-23(25-22)24-19-9-5-7-16-6-3-4-8-17(16)19/h3-12H,13H2,1-2H3,(H,24,25)(H,26,27). The summed E-state index contributed by atoms with van der Waals surface area (Å²) in [5.41, 5.74) is 4.90. The van der Waals surface area contributed by atoms with Crippen LogP contribution in [0, 0.1) is 13.8 Å². The first-order valence-electron chi connectivity index (χ1n) is 9.05. The summed E-state index contributed by atoms with van der Waals surface area (Å²) in [5, 5.41) is 15.7. The predicted octanol–water partition coefficient (Wildman–Crippen LogP) is 5.95. The molecule has 1 heterocycles. The van der Waals surface area contributed by atoms with Crippen LogP contribution in [0.4, 0.5) is 10.8 Å². The van der Waals surface area contributed by atoms with Crippen molar-refractivity contribution in [2.45, 2.75) is 20.3 Å². The first-order valence-corrected chi connectivity index (χ1v) is 9.87. The van der Waals surface area contributed by atoms with Crippen LogP contribution in [0.15, 0.2) is 60.7 Å². The van der Waals surface area contributed by atoms with Gasteiger partial charge in [0.25, 0.3) is 0 Å². The smallest absolute Gasteiger partial charge is 0.308 e. The van der Waals surface area contributed by atoms with Gasteiger partial charge in [-0.1, -0.05) is 54.1 Å². The SMILES string of the molecule is Cc1ccc(C)c(-c2nc(Nc3cccc4ccccc34)sc2CC(=O)O)c1. The van der Waals surface area contributed by atoms with Gasteiger partial charge in [-0.25, -0.2) is 4.98 Å². The fourth-order valence-corrected chi connectivity index (χ4v) is 4.29. The molecule has 0 atom stereocenters. The van der Waals surface area contributed by atoms with E-state index in [0.29, 0.717) is 5.13 Å². The van der Waals surface area contributed by atoms with Crippen molar-refractivity contribution in [2.24, 2.45) is 0 Å². The summed E-state index contributed by atoms with van der Waals surface area (Å²) in [6.07, 6.45) is -0.0440. The van der Waals surface area contributed by atoms with E-state index >= 15 is 0 Å². The van der Waals surface area contributed by atoms with E-state index in [1.165, 1.54) is 11.3 Å². The Morgan fingerprint density at radius 1 is 1.07 bits per heavy atom. The highest BCUT2D eigenvalue weighted by Gasteiger charge is 2.18. The van der Waals surface area contributed by atoms with Crippen LogP contribution in [0.3, 0.4) is 0 Å². The Hall–Kier alpha value is -3.18. The summed E-state index contributed by atoms with van der Waals surface area (Å²) in [6.45, 7) is 4.05. The lowest BCUT2D eigenvalue weighted by molar-refractivity contribution is -0.136. The van der Waals surface area contributed by atoms with Crippen LogP contribution in [0.25, 0.3) is 22.0 Å². The van der Waals surface area contributed by atoms with Gasteiger partial charge < -0.3 is 10.4 Å². The number of carboxylic acid groups (broad SMARTS) is 1. The van der Waals surface area contributed by atoms with Crippen molar-refractivity contribution in [3.05, 3.63) is 76.7 Å². The number of hydrogen-bond acceptors (Lipinski definition) is 4. The molecule has 2 N–H and O–H groups in total. The molecule has 4 aromatic rings. The van der Waals surface area contributed by atoms with Crippen LogP contribution >= 0.6 is 11.3 Å². The minimum Gasteiger partial charge on any atom is -0.481 e. The quantitative estimate of drug-likeness (QED) is 0.443. The number of rotatable bonds is 5. The number of aliphatic carboxylic acids is 1. The molecule has 4 nitrogen and oxygen atoms in total. The molecular weight excluding hydrogens is 368 g/mol. The maximum Gasteiger partial charge on any atom is 0.308 e. The molecule has 0 aliphatic rings. The summed E-state index contributed by atoms with van der Waals surface area (Å²) < 4.78 is 0. The van der Waals surface area contributed by atoms with Gasteiger partial charge in [0.1, 0.15) is 0 Å². The zero-order valence-corrected chi connectivity index (χ0v) is 16.5. The number of aryl methyl sites for hydroxylation is 2. The molecule has 0 unspecified atom stereocenters. The lowest BCUT2D eigenvalue weighted by Gasteiger charge is -2.07. The molecule has 4 rings (SSSR count). The number of aromatic nitrogens is 1. The molecule has 28 heavy (non-hydrogen) atoms. The second kappa shape index (κ2) is 7.44. The third-order valence-electron chi connectivity index (χ3n) is 4.69. The van der Waals surface area contributed by atoms with E-state index < -0.39 is 5.97 Å². The van der Waals surface area contributed by atoms with Crippen molar-refractivity contribution < 1.29 is 9.90 Å². The van der Waals surface area contributed by atoms with Crippen LogP contribution in [0.1, 0.15) is 16.0 Å². The number of nitrogens with zero attached hydrogens (tertiary/aromatic N) is 1. The monoisotopic (exact) mass is 388 g/mol. The van der Waals surface area contributed by atoms with Crippen LogP contribution in [-0.4, -0.2) is 16.1 Å². The van der Waals surface area contributed by atoms with Crippen LogP contribution < -0.4 is 5.32 Å². The molecule has 0 amide bonds. The van der Waals surface area contributed by atoms with E-state index in [9.17, 15) is 9.90 Å². The van der Waals surface area contributed by atoms with Gasteiger partial charge >= 0.3 is 5.97 Å².